The van der Waals surface area contributed by atoms with Crippen LogP contribution in [0.5, 0.6) is 0 Å². The van der Waals surface area contributed by atoms with E-state index in [9.17, 15) is 0 Å². The lowest BCUT2D eigenvalue weighted by Gasteiger charge is -2.33. The predicted octanol–water partition coefficient (Wildman–Crippen LogP) is 4.98. The van der Waals surface area contributed by atoms with Crippen molar-refractivity contribution in [2.45, 2.75) is 65.1 Å². The molecule has 0 fully saturated rings. The van der Waals surface area contributed by atoms with Gasteiger partial charge in [0, 0.05) is 25.5 Å². The summed E-state index contributed by atoms with van der Waals surface area (Å²) >= 11 is 0. The molecule has 0 saturated carbocycles. The first kappa shape index (κ1) is 15.9. The van der Waals surface area contributed by atoms with Gasteiger partial charge in [0.15, 0.2) is 0 Å². The van der Waals surface area contributed by atoms with Crippen molar-refractivity contribution in [1.82, 2.24) is 9.80 Å². The highest BCUT2D eigenvalue weighted by Gasteiger charge is 2.25. The van der Waals surface area contributed by atoms with Gasteiger partial charge < -0.3 is 9.80 Å². The number of hydrogen-bond donors (Lipinski definition) is 0. The molecule has 1 aromatic carbocycles. The molecule has 1 aliphatic rings. The Labute approximate surface area is 130 Å². The number of nitrogens with zero attached hydrogens (tertiary/aromatic N) is 2. The minimum Gasteiger partial charge on any atom is -0.356 e. The van der Waals surface area contributed by atoms with E-state index >= 15 is 0 Å². The maximum Gasteiger partial charge on any atom is 0.101 e. The Morgan fingerprint density at radius 3 is 2.29 bits per heavy atom. The largest absolute Gasteiger partial charge is 0.356 e. The lowest BCUT2D eigenvalue weighted by molar-refractivity contribution is 0.133. The zero-order valence-electron chi connectivity index (χ0n) is 13.7. The van der Waals surface area contributed by atoms with Crippen molar-refractivity contribution in [2.24, 2.45) is 0 Å². The summed E-state index contributed by atoms with van der Waals surface area (Å²) < 4.78 is 0. The summed E-state index contributed by atoms with van der Waals surface area (Å²) in [7, 11) is 0. The third kappa shape index (κ3) is 4.80. The smallest absolute Gasteiger partial charge is 0.101 e. The topological polar surface area (TPSA) is 6.48 Å². The number of benzene rings is 1. The Bertz CT molecular complexity index is 413. The lowest BCUT2D eigenvalue weighted by atomic mass is 10.1. The van der Waals surface area contributed by atoms with Gasteiger partial charge in [-0.05, 0) is 24.8 Å². The van der Waals surface area contributed by atoms with Crippen LogP contribution in [-0.4, -0.2) is 22.5 Å². The molecular weight excluding hydrogens is 256 g/mol. The Kier molecular flexibility index (Phi) is 6.65. The van der Waals surface area contributed by atoms with Gasteiger partial charge in [-0.2, -0.15) is 0 Å². The van der Waals surface area contributed by atoms with Crippen molar-refractivity contribution in [3.8, 4) is 0 Å². The second-order valence-electron chi connectivity index (χ2n) is 6.02. The SMILES string of the molecule is CCCCCC1N(CCCC)C=CN1Cc1ccccc1. The molecule has 0 aromatic heterocycles. The molecule has 0 amide bonds. The molecule has 1 atom stereocenters. The van der Waals surface area contributed by atoms with Gasteiger partial charge in [-0.15, -0.1) is 0 Å². The zero-order valence-corrected chi connectivity index (χ0v) is 13.7. The number of rotatable bonds is 9. The van der Waals surface area contributed by atoms with Crippen LogP contribution >= 0.6 is 0 Å². The Morgan fingerprint density at radius 2 is 1.57 bits per heavy atom. The summed E-state index contributed by atoms with van der Waals surface area (Å²) in [4.78, 5) is 5.06. The van der Waals surface area contributed by atoms with Crippen LogP contribution in [0.2, 0.25) is 0 Å². The molecule has 0 radical (unpaired) electrons. The average Bonchev–Trinajstić information content (AvgIpc) is 2.89. The van der Waals surface area contributed by atoms with Crippen molar-refractivity contribution in [2.75, 3.05) is 6.54 Å². The van der Waals surface area contributed by atoms with E-state index in [1.807, 2.05) is 0 Å². The highest BCUT2D eigenvalue weighted by molar-refractivity contribution is 5.15. The van der Waals surface area contributed by atoms with Gasteiger partial charge in [0.1, 0.15) is 6.17 Å². The minimum atomic E-state index is 0.559. The first-order valence-corrected chi connectivity index (χ1v) is 8.59. The van der Waals surface area contributed by atoms with Crippen LogP contribution in [0.25, 0.3) is 0 Å². The van der Waals surface area contributed by atoms with Crippen LogP contribution in [-0.2, 0) is 6.54 Å². The molecule has 2 heteroatoms. The van der Waals surface area contributed by atoms with Gasteiger partial charge in [-0.25, -0.2) is 0 Å². The summed E-state index contributed by atoms with van der Waals surface area (Å²) in [5.74, 6) is 0. The maximum absolute atomic E-state index is 2.54. The molecule has 0 spiro atoms. The normalized spacial score (nSPS) is 17.7. The molecule has 1 unspecified atom stereocenters. The second-order valence-corrected chi connectivity index (χ2v) is 6.02. The van der Waals surface area contributed by atoms with Crippen molar-refractivity contribution in [1.29, 1.82) is 0 Å². The molecule has 2 nitrogen and oxygen atoms in total. The van der Waals surface area contributed by atoms with Crippen LogP contribution in [0.4, 0.5) is 0 Å². The molecule has 1 aromatic rings. The fourth-order valence-electron chi connectivity index (χ4n) is 2.99. The fourth-order valence-corrected chi connectivity index (χ4v) is 2.99. The molecular formula is C19H30N2. The molecule has 21 heavy (non-hydrogen) atoms. The van der Waals surface area contributed by atoms with E-state index in [0.29, 0.717) is 6.17 Å². The fraction of sp³-hybridized carbons (Fsp3) is 0.579. The molecule has 0 aliphatic carbocycles. The monoisotopic (exact) mass is 286 g/mol. The quantitative estimate of drug-likeness (QED) is 0.591. The highest BCUT2D eigenvalue weighted by atomic mass is 15.4. The van der Waals surface area contributed by atoms with Gasteiger partial charge in [-0.1, -0.05) is 63.4 Å². The third-order valence-electron chi connectivity index (χ3n) is 4.26. The first-order chi connectivity index (χ1) is 10.3. The number of unbranched alkanes of at least 4 members (excludes halogenated alkanes) is 3. The van der Waals surface area contributed by atoms with E-state index in [0.717, 1.165) is 6.54 Å². The van der Waals surface area contributed by atoms with Crippen molar-refractivity contribution in [3.63, 3.8) is 0 Å². The summed E-state index contributed by atoms with van der Waals surface area (Å²) in [6.07, 6.45) is 13.0. The molecule has 0 saturated heterocycles. The van der Waals surface area contributed by atoms with Gasteiger partial charge >= 0.3 is 0 Å². The van der Waals surface area contributed by atoms with Crippen LogP contribution in [0.1, 0.15) is 57.9 Å². The summed E-state index contributed by atoms with van der Waals surface area (Å²) in [6, 6.07) is 10.8. The van der Waals surface area contributed by atoms with Gasteiger partial charge in [0.2, 0.25) is 0 Å². The second kappa shape index (κ2) is 8.76. The average molecular weight is 286 g/mol. The lowest BCUT2D eigenvalue weighted by Crippen LogP contribution is -2.38. The maximum atomic E-state index is 2.54. The van der Waals surface area contributed by atoms with Crippen LogP contribution < -0.4 is 0 Å². The molecule has 0 bridgehead atoms. The Morgan fingerprint density at radius 1 is 0.857 bits per heavy atom. The minimum absolute atomic E-state index is 0.559. The van der Waals surface area contributed by atoms with Gasteiger partial charge in [0.05, 0.1) is 0 Å². The summed E-state index contributed by atoms with van der Waals surface area (Å²) in [6.45, 7) is 6.77. The Hall–Kier alpha value is -1.44. The van der Waals surface area contributed by atoms with Gasteiger partial charge in [0.25, 0.3) is 0 Å². The van der Waals surface area contributed by atoms with E-state index in [1.165, 1.54) is 50.6 Å². The van der Waals surface area contributed by atoms with E-state index in [2.05, 4.69) is 66.4 Å². The summed E-state index contributed by atoms with van der Waals surface area (Å²) in [5.41, 5.74) is 1.40. The number of hydrogen-bond acceptors (Lipinski definition) is 2. The van der Waals surface area contributed by atoms with E-state index in [4.69, 9.17) is 0 Å². The van der Waals surface area contributed by atoms with Crippen LogP contribution in [0.15, 0.2) is 42.7 Å². The Balaban J connectivity index is 1.95. The third-order valence-corrected chi connectivity index (χ3v) is 4.26. The molecule has 116 valence electrons. The van der Waals surface area contributed by atoms with Gasteiger partial charge in [-0.3, -0.25) is 0 Å². The van der Waals surface area contributed by atoms with E-state index in [-0.39, 0.29) is 0 Å². The van der Waals surface area contributed by atoms with Crippen molar-refractivity contribution >= 4 is 0 Å². The molecule has 2 rings (SSSR count). The van der Waals surface area contributed by atoms with Crippen LogP contribution in [0.3, 0.4) is 0 Å². The van der Waals surface area contributed by atoms with Crippen molar-refractivity contribution < 1.29 is 0 Å². The summed E-state index contributed by atoms with van der Waals surface area (Å²) in [5, 5.41) is 0. The van der Waals surface area contributed by atoms with E-state index < -0.39 is 0 Å². The standard InChI is InChI=1S/C19H30N2/c1-3-5-8-13-19-20(14-6-4-2)15-16-21(19)17-18-11-9-7-10-12-18/h7,9-12,15-16,19H,3-6,8,13-14,17H2,1-2H3. The first-order valence-electron chi connectivity index (χ1n) is 8.59. The molecule has 1 aliphatic heterocycles. The molecule has 0 N–H and O–H groups in total. The highest BCUT2D eigenvalue weighted by Crippen LogP contribution is 2.24. The van der Waals surface area contributed by atoms with Crippen molar-refractivity contribution in [3.05, 3.63) is 48.3 Å². The predicted molar refractivity (Wildman–Crippen MR) is 90.7 cm³/mol. The van der Waals surface area contributed by atoms with Crippen LogP contribution in [0, 0.1) is 0 Å². The van der Waals surface area contributed by atoms with E-state index in [1.54, 1.807) is 0 Å². The molecule has 1 heterocycles. The zero-order chi connectivity index (χ0) is 14.9.